The molecule has 4 heteroatoms. The third-order valence-electron chi connectivity index (χ3n) is 4.11. The summed E-state index contributed by atoms with van der Waals surface area (Å²) in [7, 11) is 0. The zero-order valence-electron chi connectivity index (χ0n) is 11.7. The van der Waals surface area contributed by atoms with Crippen LogP contribution in [0.5, 0.6) is 0 Å². The van der Waals surface area contributed by atoms with E-state index in [0.717, 1.165) is 37.8 Å². The molecule has 0 spiro atoms. The van der Waals surface area contributed by atoms with Crippen LogP contribution >= 0.6 is 0 Å². The van der Waals surface area contributed by atoms with E-state index in [-0.39, 0.29) is 6.61 Å². The van der Waals surface area contributed by atoms with Gasteiger partial charge in [-0.25, -0.2) is 0 Å². The SMILES string of the molecule is O=C(O)C(CN1CCCC1CCCO)c1ccccc1. The molecule has 0 radical (unpaired) electrons. The predicted octanol–water partition coefficient (Wildman–Crippen LogP) is 2.09. The molecule has 20 heavy (non-hydrogen) atoms. The summed E-state index contributed by atoms with van der Waals surface area (Å²) in [5.74, 6) is -1.23. The standard InChI is InChI=1S/C16H23NO3/c18-11-5-9-14-8-4-10-17(14)12-15(16(19)20)13-6-2-1-3-7-13/h1-3,6-7,14-15,18H,4-5,8-12H2,(H,19,20). The van der Waals surface area contributed by atoms with Crippen LogP contribution in [0.1, 0.15) is 37.2 Å². The van der Waals surface area contributed by atoms with E-state index in [1.807, 2.05) is 30.3 Å². The molecular weight excluding hydrogens is 254 g/mol. The second-order valence-electron chi connectivity index (χ2n) is 5.46. The van der Waals surface area contributed by atoms with Gasteiger partial charge in [-0.1, -0.05) is 30.3 Å². The lowest BCUT2D eigenvalue weighted by atomic mass is 9.98. The van der Waals surface area contributed by atoms with Gasteiger partial charge in [-0.15, -0.1) is 0 Å². The summed E-state index contributed by atoms with van der Waals surface area (Å²) in [6, 6.07) is 9.88. The van der Waals surface area contributed by atoms with Gasteiger partial charge in [0.2, 0.25) is 0 Å². The Labute approximate surface area is 120 Å². The Balaban J connectivity index is 2.03. The van der Waals surface area contributed by atoms with Crippen molar-refractivity contribution in [2.75, 3.05) is 19.7 Å². The topological polar surface area (TPSA) is 60.8 Å². The van der Waals surface area contributed by atoms with Crippen molar-refractivity contribution >= 4 is 5.97 Å². The number of aliphatic carboxylic acids is 1. The molecular formula is C16H23NO3. The number of hydrogen-bond acceptors (Lipinski definition) is 3. The van der Waals surface area contributed by atoms with Crippen molar-refractivity contribution in [3.05, 3.63) is 35.9 Å². The van der Waals surface area contributed by atoms with Gasteiger partial charge in [-0.2, -0.15) is 0 Å². The van der Waals surface area contributed by atoms with Gasteiger partial charge < -0.3 is 10.2 Å². The smallest absolute Gasteiger partial charge is 0.312 e. The van der Waals surface area contributed by atoms with Crippen molar-refractivity contribution < 1.29 is 15.0 Å². The van der Waals surface area contributed by atoms with E-state index in [4.69, 9.17) is 5.11 Å². The molecule has 4 nitrogen and oxygen atoms in total. The molecule has 0 saturated carbocycles. The van der Waals surface area contributed by atoms with Crippen LogP contribution in [0.25, 0.3) is 0 Å². The first-order valence-electron chi connectivity index (χ1n) is 7.35. The van der Waals surface area contributed by atoms with Gasteiger partial charge in [-0.3, -0.25) is 9.69 Å². The Hall–Kier alpha value is -1.39. The molecule has 1 aromatic carbocycles. The fourth-order valence-electron chi connectivity index (χ4n) is 3.04. The quantitative estimate of drug-likeness (QED) is 0.801. The number of aliphatic hydroxyl groups excluding tert-OH is 1. The van der Waals surface area contributed by atoms with Crippen LogP contribution < -0.4 is 0 Å². The van der Waals surface area contributed by atoms with E-state index in [0.29, 0.717) is 12.6 Å². The Morgan fingerprint density at radius 1 is 1.35 bits per heavy atom. The molecule has 2 unspecified atom stereocenters. The van der Waals surface area contributed by atoms with E-state index in [2.05, 4.69) is 4.90 Å². The summed E-state index contributed by atoms with van der Waals surface area (Å²) in [4.78, 5) is 13.8. The summed E-state index contributed by atoms with van der Waals surface area (Å²) in [6.07, 6.45) is 3.99. The molecule has 2 atom stereocenters. The molecule has 2 rings (SSSR count). The third-order valence-corrected chi connectivity index (χ3v) is 4.11. The van der Waals surface area contributed by atoms with Crippen LogP contribution in [-0.4, -0.2) is 46.8 Å². The lowest BCUT2D eigenvalue weighted by molar-refractivity contribution is -0.139. The molecule has 1 heterocycles. The summed E-state index contributed by atoms with van der Waals surface area (Å²) >= 11 is 0. The second-order valence-corrected chi connectivity index (χ2v) is 5.46. The molecule has 1 fully saturated rings. The van der Waals surface area contributed by atoms with E-state index in [1.54, 1.807) is 0 Å². The van der Waals surface area contributed by atoms with Gasteiger partial charge in [0, 0.05) is 19.2 Å². The Morgan fingerprint density at radius 3 is 2.75 bits per heavy atom. The molecule has 1 aromatic rings. The van der Waals surface area contributed by atoms with Gasteiger partial charge in [0.15, 0.2) is 0 Å². The summed E-state index contributed by atoms with van der Waals surface area (Å²) in [5, 5.41) is 18.4. The van der Waals surface area contributed by atoms with Gasteiger partial charge >= 0.3 is 5.97 Å². The van der Waals surface area contributed by atoms with Crippen molar-refractivity contribution in [1.29, 1.82) is 0 Å². The molecule has 0 aromatic heterocycles. The third kappa shape index (κ3) is 3.81. The highest BCUT2D eigenvalue weighted by Crippen LogP contribution is 2.26. The van der Waals surface area contributed by atoms with Crippen LogP contribution in [0, 0.1) is 0 Å². The highest BCUT2D eigenvalue weighted by atomic mass is 16.4. The average molecular weight is 277 g/mol. The maximum atomic E-state index is 11.5. The Bertz CT molecular complexity index is 421. The minimum absolute atomic E-state index is 0.214. The normalized spacial score (nSPS) is 20.9. The van der Waals surface area contributed by atoms with Crippen LogP contribution in [-0.2, 0) is 4.79 Å². The number of aliphatic hydroxyl groups is 1. The summed E-state index contributed by atoms with van der Waals surface area (Å²) in [5.41, 5.74) is 0.868. The predicted molar refractivity (Wildman–Crippen MR) is 77.7 cm³/mol. The largest absolute Gasteiger partial charge is 0.481 e. The number of nitrogens with zero attached hydrogens (tertiary/aromatic N) is 1. The van der Waals surface area contributed by atoms with Gasteiger partial charge in [0.1, 0.15) is 0 Å². The van der Waals surface area contributed by atoms with Crippen LogP contribution in [0.2, 0.25) is 0 Å². The fraction of sp³-hybridized carbons (Fsp3) is 0.562. The van der Waals surface area contributed by atoms with Crippen LogP contribution in [0.15, 0.2) is 30.3 Å². The molecule has 0 bridgehead atoms. The monoisotopic (exact) mass is 277 g/mol. The van der Waals surface area contributed by atoms with Gasteiger partial charge in [-0.05, 0) is 37.8 Å². The molecule has 1 aliphatic heterocycles. The minimum Gasteiger partial charge on any atom is -0.481 e. The van der Waals surface area contributed by atoms with Crippen molar-refractivity contribution in [3.8, 4) is 0 Å². The summed E-state index contributed by atoms with van der Waals surface area (Å²) < 4.78 is 0. The number of rotatable bonds is 7. The maximum absolute atomic E-state index is 11.5. The molecule has 0 aliphatic carbocycles. The van der Waals surface area contributed by atoms with E-state index >= 15 is 0 Å². The molecule has 2 N–H and O–H groups in total. The number of hydrogen-bond donors (Lipinski definition) is 2. The first-order chi connectivity index (χ1) is 9.72. The second kappa shape index (κ2) is 7.41. The lowest BCUT2D eigenvalue weighted by Gasteiger charge is -2.27. The van der Waals surface area contributed by atoms with Gasteiger partial charge in [0.25, 0.3) is 0 Å². The molecule has 0 amide bonds. The van der Waals surface area contributed by atoms with Crippen molar-refractivity contribution in [2.45, 2.75) is 37.6 Å². The Morgan fingerprint density at radius 2 is 2.10 bits per heavy atom. The zero-order chi connectivity index (χ0) is 14.4. The number of carbonyl (C=O) groups is 1. The van der Waals surface area contributed by atoms with Crippen LogP contribution in [0.3, 0.4) is 0 Å². The first-order valence-corrected chi connectivity index (χ1v) is 7.35. The highest BCUT2D eigenvalue weighted by Gasteiger charge is 2.29. The van der Waals surface area contributed by atoms with Crippen LogP contribution in [0.4, 0.5) is 0 Å². The minimum atomic E-state index is -0.760. The number of carboxylic acid groups (broad SMARTS) is 1. The molecule has 1 aliphatic rings. The van der Waals surface area contributed by atoms with Crippen molar-refractivity contribution in [3.63, 3.8) is 0 Å². The molecule has 110 valence electrons. The highest BCUT2D eigenvalue weighted by molar-refractivity contribution is 5.76. The van der Waals surface area contributed by atoms with Gasteiger partial charge in [0.05, 0.1) is 5.92 Å². The van der Waals surface area contributed by atoms with Crippen molar-refractivity contribution in [1.82, 2.24) is 4.90 Å². The number of benzene rings is 1. The maximum Gasteiger partial charge on any atom is 0.312 e. The number of likely N-dealkylation sites (tertiary alicyclic amines) is 1. The van der Waals surface area contributed by atoms with E-state index < -0.39 is 11.9 Å². The lowest BCUT2D eigenvalue weighted by Crippen LogP contribution is -2.35. The van der Waals surface area contributed by atoms with Crippen molar-refractivity contribution in [2.24, 2.45) is 0 Å². The van der Waals surface area contributed by atoms with E-state index in [1.165, 1.54) is 0 Å². The average Bonchev–Trinajstić information content (AvgIpc) is 2.90. The van der Waals surface area contributed by atoms with E-state index in [9.17, 15) is 9.90 Å². The fourth-order valence-corrected chi connectivity index (χ4v) is 3.04. The first kappa shape index (κ1) is 15.0. The number of carboxylic acids is 1. The Kier molecular flexibility index (Phi) is 5.56. The zero-order valence-corrected chi connectivity index (χ0v) is 11.7. The summed E-state index contributed by atoms with van der Waals surface area (Å²) in [6.45, 7) is 1.74. The molecule has 1 saturated heterocycles.